The topological polar surface area (TPSA) is 86.6 Å². The molecule has 2 rings (SSSR count). The number of aryl methyl sites for hydroxylation is 1. The molecule has 0 bridgehead atoms. The average Bonchev–Trinajstić information content (AvgIpc) is 2.53. The van der Waals surface area contributed by atoms with Gasteiger partial charge < -0.3 is 15.5 Å². The Bertz CT molecular complexity index is 713. The minimum atomic E-state index is -1.19. The lowest BCUT2D eigenvalue weighted by Gasteiger charge is -2.09. The van der Waals surface area contributed by atoms with Crippen LogP contribution in [0.3, 0.4) is 0 Å². The third-order valence-electron chi connectivity index (χ3n) is 3.29. The van der Waals surface area contributed by atoms with Gasteiger partial charge in [-0.1, -0.05) is 23.7 Å². The first kappa shape index (κ1) is 17.0. The number of aliphatic hydroxyl groups excluding tert-OH is 1. The molecule has 0 saturated heterocycles. The molecule has 0 aromatic heterocycles. The number of hydrogen-bond acceptors (Lipinski definition) is 3. The van der Waals surface area contributed by atoms with Crippen molar-refractivity contribution < 1.29 is 19.8 Å². The van der Waals surface area contributed by atoms with E-state index in [0.29, 0.717) is 17.1 Å². The van der Waals surface area contributed by atoms with Crippen molar-refractivity contribution in [2.45, 2.75) is 12.8 Å². The van der Waals surface area contributed by atoms with Crippen molar-refractivity contribution in [2.75, 3.05) is 11.9 Å². The largest absolute Gasteiger partial charge is 0.478 e. The van der Waals surface area contributed by atoms with Crippen LogP contribution in [0, 0.1) is 0 Å². The zero-order valence-electron chi connectivity index (χ0n) is 12.3. The van der Waals surface area contributed by atoms with Crippen LogP contribution in [0.1, 0.15) is 32.7 Å². The number of hydrogen-bond donors (Lipinski definition) is 3. The van der Waals surface area contributed by atoms with Crippen molar-refractivity contribution in [3.05, 3.63) is 64.2 Å². The monoisotopic (exact) mass is 333 g/mol. The van der Waals surface area contributed by atoms with Crippen molar-refractivity contribution in [1.82, 2.24) is 0 Å². The van der Waals surface area contributed by atoms with Crippen LogP contribution in [-0.2, 0) is 6.42 Å². The Morgan fingerprint density at radius 3 is 2.35 bits per heavy atom. The quantitative estimate of drug-likeness (QED) is 0.757. The number of carboxylic acids is 1. The maximum atomic E-state index is 12.3. The van der Waals surface area contributed by atoms with Crippen molar-refractivity contribution in [3.63, 3.8) is 0 Å². The lowest BCUT2D eigenvalue weighted by atomic mass is 10.1. The molecule has 0 unspecified atom stereocenters. The predicted octanol–water partition coefficient (Wildman–Crippen LogP) is 3.22. The van der Waals surface area contributed by atoms with Gasteiger partial charge in [0.05, 0.1) is 11.1 Å². The maximum absolute atomic E-state index is 12.3. The highest BCUT2D eigenvalue weighted by Crippen LogP contribution is 2.19. The molecule has 0 atom stereocenters. The Kier molecular flexibility index (Phi) is 5.73. The van der Waals surface area contributed by atoms with Crippen LogP contribution < -0.4 is 5.32 Å². The van der Waals surface area contributed by atoms with Crippen LogP contribution in [0.15, 0.2) is 42.5 Å². The molecule has 0 spiro atoms. The zero-order chi connectivity index (χ0) is 16.8. The second-order valence-corrected chi connectivity index (χ2v) is 5.41. The Hall–Kier alpha value is -2.37. The summed E-state index contributed by atoms with van der Waals surface area (Å²) in [6.07, 6.45) is 1.43. The highest BCUT2D eigenvalue weighted by atomic mass is 35.5. The Morgan fingerprint density at radius 2 is 1.74 bits per heavy atom. The number of carbonyl (C=O) groups is 2. The number of rotatable bonds is 6. The molecule has 0 aliphatic heterocycles. The molecule has 23 heavy (non-hydrogen) atoms. The molecule has 0 aliphatic carbocycles. The molecule has 0 heterocycles. The summed E-state index contributed by atoms with van der Waals surface area (Å²) in [5, 5.41) is 20.9. The van der Waals surface area contributed by atoms with Gasteiger partial charge >= 0.3 is 5.97 Å². The standard InChI is InChI=1S/C17H16ClNO4/c18-12-5-8-14(17(22)23)15(10-12)16(21)19-13-6-3-11(4-7-13)2-1-9-20/h3-8,10,20H,1-2,9H2,(H,19,21)(H,22,23). The second kappa shape index (κ2) is 7.76. The molecule has 3 N–H and O–H groups in total. The van der Waals surface area contributed by atoms with E-state index < -0.39 is 11.9 Å². The fraction of sp³-hybridized carbons (Fsp3) is 0.176. The summed E-state index contributed by atoms with van der Waals surface area (Å²) in [6.45, 7) is 0.130. The smallest absolute Gasteiger partial charge is 0.336 e. The molecule has 0 radical (unpaired) electrons. The lowest BCUT2D eigenvalue weighted by molar-refractivity contribution is 0.0692. The van der Waals surface area contributed by atoms with E-state index >= 15 is 0 Å². The molecule has 2 aromatic rings. The summed E-state index contributed by atoms with van der Waals surface area (Å²) < 4.78 is 0. The molecule has 120 valence electrons. The Morgan fingerprint density at radius 1 is 1.04 bits per heavy atom. The Labute approximate surface area is 138 Å². The van der Waals surface area contributed by atoms with E-state index in [0.717, 1.165) is 12.0 Å². The molecule has 6 heteroatoms. The number of benzene rings is 2. The fourth-order valence-corrected chi connectivity index (χ4v) is 2.30. The van der Waals surface area contributed by atoms with E-state index in [1.165, 1.54) is 18.2 Å². The van der Waals surface area contributed by atoms with Gasteiger partial charge in [0.25, 0.3) is 5.91 Å². The van der Waals surface area contributed by atoms with E-state index in [1.54, 1.807) is 12.1 Å². The van der Waals surface area contributed by atoms with Gasteiger partial charge in [0.15, 0.2) is 0 Å². The summed E-state index contributed by atoms with van der Waals surface area (Å²) in [6, 6.07) is 11.2. The highest BCUT2D eigenvalue weighted by Gasteiger charge is 2.17. The number of anilines is 1. The summed E-state index contributed by atoms with van der Waals surface area (Å²) in [4.78, 5) is 23.5. The molecule has 0 aliphatic rings. The van der Waals surface area contributed by atoms with Gasteiger partial charge in [-0.05, 0) is 48.7 Å². The second-order valence-electron chi connectivity index (χ2n) is 4.97. The first-order valence-electron chi connectivity index (χ1n) is 7.05. The lowest BCUT2D eigenvalue weighted by Crippen LogP contribution is -2.16. The van der Waals surface area contributed by atoms with Gasteiger partial charge in [-0.3, -0.25) is 4.79 Å². The highest BCUT2D eigenvalue weighted by molar-refractivity contribution is 6.31. The molecule has 0 fully saturated rings. The molecule has 0 saturated carbocycles. The van der Waals surface area contributed by atoms with Crippen molar-refractivity contribution in [2.24, 2.45) is 0 Å². The van der Waals surface area contributed by atoms with E-state index in [9.17, 15) is 9.59 Å². The van der Waals surface area contributed by atoms with Gasteiger partial charge in [0.2, 0.25) is 0 Å². The first-order valence-corrected chi connectivity index (χ1v) is 7.43. The number of carbonyl (C=O) groups excluding carboxylic acids is 1. The van der Waals surface area contributed by atoms with Crippen LogP contribution in [0.2, 0.25) is 5.02 Å². The fourth-order valence-electron chi connectivity index (χ4n) is 2.13. The SMILES string of the molecule is O=C(O)c1ccc(Cl)cc1C(=O)Nc1ccc(CCCO)cc1. The molecular formula is C17H16ClNO4. The van der Waals surface area contributed by atoms with E-state index in [2.05, 4.69) is 5.32 Å². The number of halogens is 1. The number of aliphatic hydroxyl groups is 1. The maximum Gasteiger partial charge on any atom is 0.336 e. The third-order valence-corrected chi connectivity index (χ3v) is 3.53. The zero-order valence-corrected chi connectivity index (χ0v) is 13.0. The number of aromatic carboxylic acids is 1. The minimum Gasteiger partial charge on any atom is -0.478 e. The van der Waals surface area contributed by atoms with Gasteiger partial charge in [0.1, 0.15) is 0 Å². The van der Waals surface area contributed by atoms with Crippen LogP contribution in [0.4, 0.5) is 5.69 Å². The molecule has 2 aromatic carbocycles. The van der Waals surface area contributed by atoms with E-state index in [1.807, 2.05) is 12.1 Å². The summed E-state index contributed by atoms with van der Waals surface area (Å²) in [5.74, 6) is -1.72. The van der Waals surface area contributed by atoms with Crippen LogP contribution >= 0.6 is 11.6 Å². The van der Waals surface area contributed by atoms with Crippen LogP contribution in [-0.4, -0.2) is 28.7 Å². The van der Waals surface area contributed by atoms with Gasteiger partial charge in [0, 0.05) is 17.3 Å². The average molecular weight is 334 g/mol. The number of amides is 1. The number of nitrogens with one attached hydrogen (secondary N) is 1. The first-order chi connectivity index (χ1) is 11.0. The third kappa shape index (κ3) is 4.55. The van der Waals surface area contributed by atoms with Crippen LogP contribution in [0.25, 0.3) is 0 Å². The van der Waals surface area contributed by atoms with Crippen molar-refractivity contribution >= 4 is 29.2 Å². The predicted molar refractivity (Wildman–Crippen MR) is 88.2 cm³/mol. The normalized spacial score (nSPS) is 10.3. The molecule has 1 amide bonds. The minimum absolute atomic E-state index is 0.00866. The summed E-state index contributed by atoms with van der Waals surface area (Å²) in [5.41, 5.74) is 1.51. The van der Waals surface area contributed by atoms with E-state index in [4.69, 9.17) is 21.8 Å². The summed E-state index contributed by atoms with van der Waals surface area (Å²) in [7, 11) is 0. The van der Waals surface area contributed by atoms with E-state index in [-0.39, 0.29) is 17.7 Å². The van der Waals surface area contributed by atoms with Gasteiger partial charge in [-0.2, -0.15) is 0 Å². The van der Waals surface area contributed by atoms with Crippen molar-refractivity contribution in [1.29, 1.82) is 0 Å². The van der Waals surface area contributed by atoms with Gasteiger partial charge in [-0.25, -0.2) is 4.79 Å². The molecule has 5 nitrogen and oxygen atoms in total. The Balaban J connectivity index is 2.16. The van der Waals surface area contributed by atoms with Crippen molar-refractivity contribution in [3.8, 4) is 0 Å². The van der Waals surface area contributed by atoms with Crippen LogP contribution in [0.5, 0.6) is 0 Å². The summed E-state index contributed by atoms with van der Waals surface area (Å²) >= 11 is 5.84. The molecular weight excluding hydrogens is 318 g/mol. The number of carboxylic acid groups (broad SMARTS) is 1. The van der Waals surface area contributed by atoms with Gasteiger partial charge in [-0.15, -0.1) is 0 Å².